The number of rotatable bonds is 6. The van der Waals surface area contributed by atoms with Crippen LogP contribution in [0.4, 0.5) is 10.1 Å². The summed E-state index contributed by atoms with van der Waals surface area (Å²) in [5, 5.41) is 5.11. The summed E-state index contributed by atoms with van der Waals surface area (Å²) < 4.78 is 19.0. The molecule has 0 saturated carbocycles. The van der Waals surface area contributed by atoms with Crippen LogP contribution in [-0.2, 0) is 4.79 Å². The lowest BCUT2D eigenvalue weighted by atomic mass is 10.0. The molecule has 5 nitrogen and oxygen atoms in total. The minimum Gasteiger partial charge on any atom is -0.496 e. The topological polar surface area (TPSA) is 67.4 Å². The fourth-order valence-electron chi connectivity index (χ4n) is 2.84. The zero-order valence-electron chi connectivity index (χ0n) is 16.1. The van der Waals surface area contributed by atoms with Crippen LogP contribution in [0.5, 0.6) is 5.75 Å². The average Bonchev–Trinajstić information content (AvgIpc) is 2.75. The van der Waals surface area contributed by atoms with Crippen molar-refractivity contribution in [2.75, 3.05) is 12.4 Å². The van der Waals surface area contributed by atoms with E-state index in [0.29, 0.717) is 11.3 Å². The summed E-state index contributed by atoms with van der Waals surface area (Å²) >= 11 is 0. The minimum atomic E-state index is -0.882. The molecule has 1 unspecified atom stereocenters. The van der Waals surface area contributed by atoms with E-state index in [0.717, 1.165) is 11.1 Å². The van der Waals surface area contributed by atoms with E-state index in [1.165, 1.54) is 32.2 Å². The molecule has 29 heavy (non-hydrogen) atoms. The van der Waals surface area contributed by atoms with Crippen LogP contribution in [0.25, 0.3) is 11.1 Å². The number of hydrogen-bond acceptors (Lipinski definition) is 3. The number of methoxy groups -OCH3 is 1. The van der Waals surface area contributed by atoms with Crippen molar-refractivity contribution < 1.29 is 18.7 Å². The van der Waals surface area contributed by atoms with Crippen molar-refractivity contribution in [1.82, 2.24) is 5.32 Å². The molecule has 1 atom stereocenters. The van der Waals surface area contributed by atoms with Gasteiger partial charge in [0.25, 0.3) is 5.91 Å². The number of benzene rings is 3. The van der Waals surface area contributed by atoms with E-state index < -0.39 is 23.7 Å². The fourth-order valence-corrected chi connectivity index (χ4v) is 2.84. The van der Waals surface area contributed by atoms with Gasteiger partial charge in [0, 0.05) is 0 Å². The Balaban J connectivity index is 1.77. The van der Waals surface area contributed by atoms with Gasteiger partial charge in [-0.1, -0.05) is 48.5 Å². The second-order valence-corrected chi connectivity index (χ2v) is 6.45. The summed E-state index contributed by atoms with van der Waals surface area (Å²) in [5.74, 6) is -1.14. The molecule has 0 aliphatic carbocycles. The molecule has 3 aromatic rings. The monoisotopic (exact) mass is 392 g/mol. The van der Waals surface area contributed by atoms with E-state index in [4.69, 9.17) is 4.74 Å². The lowest BCUT2D eigenvalue weighted by molar-refractivity contribution is -0.117. The maximum absolute atomic E-state index is 13.7. The molecule has 3 aromatic carbocycles. The second kappa shape index (κ2) is 9.01. The Bertz CT molecular complexity index is 1020. The molecule has 0 bridgehead atoms. The molecule has 0 aromatic heterocycles. The second-order valence-electron chi connectivity index (χ2n) is 6.45. The number of anilines is 1. The fraction of sp³-hybridized carbons (Fsp3) is 0.130. The van der Waals surface area contributed by atoms with Gasteiger partial charge in [-0.2, -0.15) is 0 Å². The largest absolute Gasteiger partial charge is 0.496 e. The van der Waals surface area contributed by atoms with Gasteiger partial charge >= 0.3 is 0 Å². The Morgan fingerprint density at radius 3 is 2.31 bits per heavy atom. The van der Waals surface area contributed by atoms with Crippen molar-refractivity contribution in [3.8, 4) is 16.9 Å². The highest BCUT2D eigenvalue weighted by atomic mass is 19.1. The quantitative estimate of drug-likeness (QED) is 0.659. The van der Waals surface area contributed by atoms with E-state index in [9.17, 15) is 14.0 Å². The number of amides is 2. The van der Waals surface area contributed by atoms with E-state index >= 15 is 0 Å². The predicted molar refractivity (Wildman–Crippen MR) is 110 cm³/mol. The third-order valence-electron chi connectivity index (χ3n) is 4.42. The lowest BCUT2D eigenvalue weighted by Crippen LogP contribution is -2.41. The Kier molecular flexibility index (Phi) is 6.24. The smallest absolute Gasteiger partial charge is 0.255 e. The average molecular weight is 392 g/mol. The van der Waals surface area contributed by atoms with Gasteiger partial charge in [-0.3, -0.25) is 9.59 Å². The summed E-state index contributed by atoms with van der Waals surface area (Å²) in [6.45, 7) is 1.53. The van der Waals surface area contributed by atoms with E-state index in [-0.39, 0.29) is 5.69 Å². The number of carbonyl (C=O) groups excluding carboxylic acids is 2. The molecule has 2 amide bonds. The van der Waals surface area contributed by atoms with Crippen LogP contribution in [-0.4, -0.2) is 25.0 Å². The molecule has 3 rings (SSSR count). The number of hydrogen-bond donors (Lipinski definition) is 2. The number of halogens is 1. The van der Waals surface area contributed by atoms with Crippen LogP contribution in [0.2, 0.25) is 0 Å². The maximum Gasteiger partial charge on any atom is 0.255 e. The summed E-state index contributed by atoms with van der Waals surface area (Å²) in [4.78, 5) is 25.1. The molecule has 0 aliphatic heterocycles. The molecule has 2 N–H and O–H groups in total. The third kappa shape index (κ3) is 4.79. The number of ether oxygens (including phenoxy) is 1. The van der Waals surface area contributed by atoms with Crippen molar-refractivity contribution >= 4 is 17.5 Å². The van der Waals surface area contributed by atoms with Crippen LogP contribution in [0, 0.1) is 5.82 Å². The molecule has 148 valence electrons. The molecule has 0 heterocycles. The molecule has 0 radical (unpaired) electrons. The van der Waals surface area contributed by atoms with E-state index in [2.05, 4.69) is 10.6 Å². The van der Waals surface area contributed by atoms with Crippen LogP contribution in [0.1, 0.15) is 17.3 Å². The Labute approximate surface area is 168 Å². The normalized spacial score (nSPS) is 11.4. The van der Waals surface area contributed by atoms with Gasteiger partial charge in [-0.25, -0.2) is 4.39 Å². The molecule has 6 heteroatoms. The summed E-state index contributed by atoms with van der Waals surface area (Å²) in [7, 11) is 1.47. The summed E-state index contributed by atoms with van der Waals surface area (Å²) in [6, 6.07) is 19.9. The standard InChI is InChI=1S/C23H21FN2O3/c1-15(22(27)26-20-11-7-6-10-19(20)24)25-23(28)18-14-17(12-13-21(18)29-2)16-8-4-3-5-9-16/h3-15H,1-2H3,(H,25,28)(H,26,27). The molecule has 0 aliphatic rings. The van der Waals surface area contributed by atoms with Crippen LogP contribution >= 0.6 is 0 Å². The summed E-state index contributed by atoms with van der Waals surface area (Å²) in [6.07, 6.45) is 0. The van der Waals surface area contributed by atoms with Gasteiger partial charge in [0.05, 0.1) is 18.4 Å². The van der Waals surface area contributed by atoms with Gasteiger partial charge in [0.15, 0.2) is 0 Å². The van der Waals surface area contributed by atoms with Gasteiger partial charge in [0.2, 0.25) is 5.91 Å². The zero-order chi connectivity index (χ0) is 20.8. The van der Waals surface area contributed by atoms with Gasteiger partial charge in [0.1, 0.15) is 17.6 Å². The van der Waals surface area contributed by atoms with Crippen molar-refractivity contribution in [1.29, 1.82) is 0 Å². The first-order valence-corrected chi connectivity index (χ1v) is 9.09. The Hall–Kier alpha value is -3.67. The molecule has 0 fully saturated rings. The predicted octanol–water partition coefficient (Wildman–Crippen LogP) is 4.26. The third-order valence-corrected chi connectivity index (χ3v) is 4.42. The van der Waals surface area contributed by atoms with Gasteiger partial charge < -0.3 is 15.4 Å². The van der Waals surface area contributed by atoms with Crippen LogP contribution < -0.4 is 15.4 Å². The Morgan fingerprint density at radius 1 is 0.931 bits per heavy atom. The number of nitrogens with one attached hydrogen (secondary N) is 2. The molecule has 0 saturated heterocycles. The van der Waals surface area contributed by atoms with Crippen molar-refractivity contribution in [2.45, 2.75) is 13.0 Å². The molecule has 0 spiro atoms. The van der Waals surface area contributed by atoms with E-state index in [1.54, 1.807) is 18.2 Å². The van der Waals surface area contributed by atoms with Crippen LogP contribution in [0.3, 0.4) is 0 Å². The van der Waals surface area contributed by atoms with Crippen molar-refractivity contribution in [3.05, 3.63) is 84.2 Å². The first-order valence-electron chi connectivity index (χ1n) is 9.09. The van der Waals surface area contributed by atoms with Crippen molar-refractivity contribution in [3.63, 3.8) is 0 Å². The SMILES string of the molecule is COc1ccc(-c2ccccc2)cc1C(=O)NC(C)C(=O)Nc1ccccc1F. The summed E-state index contributed by atoms with van der Waals surface area (Å²) in [5.41, 5.74) is 2.16. The lowest BCUT2D eigenvalue weighted by Gasteiger charge is -2.16. The van der Waals surface area contributed by atoms with Crippen molar-refractivity contribution in [2.24, 2.45) is 0 Å². The molecular formula is C23H21FN2O3. The van der Waals surface area contributed by atoms with Crippen LogP contribution in [0.15, 0.2) is 72.8 Å². The highest BCUT2D eigenvalue weighted by molar-refractivity contribution is 6.03. The van der Waals surface area contributed by atoms with Gasteiger partial charge in [-0.05, 0) is 42.3 Å². The maximum atomic E-state index is 13.7. The van der Waals surface area contributed by atoms with E-state index in [1.807, 2.05) is 36.4 Å². The highest BCUT2D eigenvalue weighted by Crippen LogP contribution is 2.26. The molecular weight excluding hydrogens is 371 g/mol. The Morgan fingerprint density at radius 2 is 1.62 bits per heavy atom. The number of carbonyl (C=O) groups is 2. The zero-order valence-corrected chi connectivity index (χ0v) is 16.1. The first-order chi connectivity index (χ1) is 14.0. The number of para-hydroxylation sites is 1. The highest BCUT2D eigenvalue weighted by Gasteiger charge is 2.20. The first kappa shape index (κ1) is 20.1. The minimum absolute atomic E-state index is 0.0576. The van der Waals surface area contributed by atoms with Gasteiger partial charge in [-0.15, -0.1) is 0 Å².